The fraction of sp³-hybridized carbons (Fsp3) is 0.261. The minimum absolute atomic E-state index is 0.239. The third-order valence-corrected chi connectivity index (χ3v) is 5.64. The first-order valence-corrected chi connectivity index (χ1v) is 10.8. The Bertz CT molecular complexity index is 1500. The molecule has 4 heterocycles. The van der Waals surface area contributed by atoms with Gasteiger partial charge in [0.15, 0.2) is 11.5 Å². The lowest BCUT2D eigenvalue weighted by Crippen LogP contribution is -2.18. The van der Waals surface area contributed by atoms with Gasteiger partial charge in [0.1, 0.15) is 22.7 Å². The van der Waals surface area contributed by atoms with Gasteiger partial charge < -0.3 is 24.8 Å². The van der Waals surface area contributed by atoms with Crippen molar-refractivity contribution >= 4 is 27.8 Å². The van der Waals surface area contributed by atoms with Crippen LogP contribution in [0.5, 0.6) is 11.5 Å². The van der Waals surface area contributed by atoms with Crippen LogP contribution in [0.2, 0.25) is 0 Å². The summed E-state index contributed by atoms with van der Waals surface area (Å²) in [7, 11) is 4.94. The number of aryl methyl sites for hydroxylation is 1. The summed E-state index contributed by atoms with van der Waals surface area (Å²) in [5, 5.41) is 8.06. The van der Waals surface area contributed by atoms with Crippen LogP contribution in [-0.4, -0.2) is 48.9 Å². The molecule has 4 aromatic heterocycles. The lowest BCUT2D eigenvalue weighted by molar-refractivity contribution is 0.356. The Balaban J connectivity index is 1.72. The first-order chi connectivity index (χ1) is 16.5. The molecule has 0 radical (unpaired) electrons. The summed E-state index contributed by atoms with van der Waals surface area (Å²) in [6, 6.07) is 5.08. The first kappa shape index (κ1) is 21.4. The molecule has 11 heteroatoms. The molecule has 0 unspecified atom stereocenters. The van der Waals surface area contributed by atoms with E-state index in [4.69, 9.17) is 14.5 Å². The molecule has 1 aromatic carbocycles. The second-order valence-electron chi connectivity index (χ2n) is 7.79. The van der Waals surface area contributed by atoms with Crippen LogP contribution in [0.25, 0.3) is 33.5 Å². The molecule has 0 aliphatic rings. The van der Waals surface area contributed by atoms with Crippen LogP contribution in [0.15, 0.2) is 41.6 Å². The van der Waals surface area contributed by atoms with Crippen LogP contribution in [-0.2, 0) is 7.05 Å². The Labute approximate surface area is 194 Å². The second-order valence-corrected chi connectivity index (χ2v) is 7.79. The maximum atomic E-state index is 13.3. The van der Waals surface area contributed by atoms with Gasteiger partial charge in [-0.2, -0.15) is 5.10 Å². The molecule has 0 fully saturated rings. The average molecular weight is 460 g/mol. The van der Waals surface area contributed by atoms with Crippen molar-refractivity contribution in [3.8, 4) is 22.9 Å². The monoisotopic (exact) mass is 460 g/mol. The van der Waals surface area contributed by atoms with Crippen molar-refractivity contribution in [1.29, 1.82) is 0 Å². The third kappa shape index (κ3) is 3.60. The molecular weight excluding hydrogens is 436 g/mol. The van der Waals surface area contributed by atoms with E-state index in [2.05, 4.69) is 30.4 Å². The lowest BCUT2D eigenvalue weighted by atomic mass is 10.1. The molecule has 34 heavy (non-hydrogen) atoms. The number of hydrogen-bond acceptors (Lipinski definition) is 8. The van der Waals surface area contributed by atoms with Crippen molar-refractivity contribution < 1.29 is 9.47 Å². The Hall–Kier alpha value is -4.41. The van der Waals surface area contributed by atoms with Gasteiger partial charge in [0.25, 0.3) is 5.56 Å². The number of nitrogens with zero attached hydrogens (tertiary/aromatic N) is 5. The van der Waals surface area contributed by atoms with E-state index in [9.17, 15) is 4.79 Å². The van der Waals surface area contributed by atoms with E-state index in [1.807, 2.05) is 6.92 Å². The molecule has 3 N–H and O–H groups in total. The van der Waals surface area contributed by atoms with E-state index >= 15 is 0 Å². The summed E-state index contributed by atoms with van der Waals surface area (Å²) in [5.41, 5.74) is 3.16. The van der Waals surface area contributed by atoms with Gasteiger partial charge in [-0.3, -0.25) is 9.48 Å². The molecule has 0 aliphatic carbocycles. The van der Waals surface area contributed by atoms with Crippen molar-refractivity contribution in [2.24, 2.45) is 7.05 Å². The van der Waals surface area contributed by atoms with Gasteiger partial charge >= 0.3 is 0 Å². The van der Waals surface area contributed by atoms with Gasteiger partial charge in [-0.1, -0.05) is 6.92 Å². The van der Waals surface area contributed by atoms with Gasteiger partial charge in [-0.15, -0.1) is 0 Å². The summed E-state index contributed by atoms with van der Waals surface area (Å²) < 4.78 is 12.5. The summed E-state index contributed by atoms with van der Waals surface area (Å²) in [4.78, 5) is 33.0. The van der Waals surface area contributed by atoms with E-state index in [0.717, 1.165) is 0 Å². The standard InChI is InChI=1S/C23H24N8O3/c1-5-12(21-24-7-6-8-25-21)26-20-18(23(32)29-15-11-31(2)30-19(15)20)22-27-13-9-16(33-3)17(34-4)10-14(13)28-22/h6-12,26H,5H2,1-4H3,(H,27,28)(H,29,32)/t12-/m0/s1. The summed E-state index contributed by atoms with van der Waals surface area (Å²) in [5.74, 6) is 2.13. The molecule has 0 spiro atoms. The number of aromatic amines is 2. The number of methoxy groups -OCH3 is 2. The zero-order valence-corrected chi connectivity index (χ0v) is 19.2. The van der Waals surface area contributed by atoms with Crippen molar-refractivity contribution in [3.05, 3.63) is 53.0 Å². The van der Waals surface area contributed by atoms with Gasteiger partial charge in [0.2, 0.25) is 0 Å². The molecule has 5 aromatic rings. The van der Waals surface area contributed by atoms with Crippen molar-refractivity contribution in [2.75, 3.05) is 19.5 Å². The van der Waals surface area contributed by atoms with E-state index < -0.39 is 0 Å². The van der Waals surface area contributed by atoms with E-state index in [0.29, 0.717) is 62.9 Å². The summed E-state index contributed by atoms with van der Waals surface area (Å²) >= 11 is 0. The number of hydrogen-bond donors (Lipinski definition) is 3. The predicted octanol–water partition coefficient (Wildman–Crippen LogP) is 3.18. The summed E-state index contributed by atoms with van der Waals surface area (Å²) in [6.07, 6.45) is 5.85. The fourth-order valence-corrected chi connectivity index (χ4v) is 4.02. The highest BCUT2D eigenvalue weighted by molar-refractivity contribution is 5.96. The quantitative estimate of drug-likeness (QED) is 0.337. The van der Waals surface area contributed by atoms with Crippen molar-refractivity contribution in [1.82, 2.24) is 34.7 Å². The van der Waals surface area contributed by atoms with Crippen LogP contribution in [0, 0.1) is 0 Å². The number of aromatic nitrogens is 7. The van der Waals surface area contributed by atoms with Crippen LogP contribution < -0.4 is 20.3 Å². The highest BCUT2D eigenvalue weighted by Gasteiger charge is 2.24. The maximum Gasteiger partial charge on any atom is 0.261 e. The molecular formula is C23H24N8O3. The Kier molecular flexibility index (Phi) is 5.36. The lowest BCUT2D eigenvalue weighted by Gasteiger charge is -2.18. The zero-order valence-electron chi connectivity index (χ0n) is 19.2. The number of pyridine rings is 1. The van der Waals surface area contributed by atoms with Gasteiger partial charge in [0, 0.05) is 37.8 Å². The van der Waals surface area contributed by atoms with Gasteiger partial charge in [-0.25, -0.2) is 15.0 Å². The highest BCUT2D eigenvalue weighted by Crippen LogP contribution is 2.35. The molecule has 0 amide bonds. The van der Waals surface area contributed by atoms with Crippen molar-refractivity contribution in [3.63, 3.8) is 0 Å². The van der Waals surface area contributed by atoms with Gasteiger partial charge in [0.05, 0.1) is 42.5 Å². The molecule has 0 aliphatic heterocycles. The third-order valence-electron chi connectivity index (χ3n) is 5.64. The Morgan fingerprint density at radius 2 is 1.82 bits per heavy atom. The van der Waals surface area contributed by atoms with E-state index in [1.54, 1.807) is 62.7 Å². The van der Waals surface area contributed by atoms with E-state index in [-0.39, 0.29) is 11.6 Å². The minimum atomic E-state index is -0.301. The number of ether oxygens (including phenoxy) is 2. The highest BCUT2D eigenvalue weighted by atomic mass is 16.5. The molecule has 0 saturated carbocycles. The SMILES string of the molecule is CC[C@H](Nc1c(-c2nc3cc(OC)c(OC)cc3[nH]2)c(=O)[nH]c2cn(C)nc12)c1ncccn1. The number of rotatable bonds is 7. The van der Waals surface area contributed by atoms with Crippen LogP contribution >= 0.6 is 0 Å². The largest absolute Gasteiger partial charge is 0.493 e. The Morgan fingerprint density at radius 3 is 2.53 bits per heavy atom. The number of imidazole rings is 1. The minimum Gasteiger partial charge on any atom is -0.493 e. The van der Waals surface area contributed by atoms with Crippen molar-refractivity contribution in [2.45, 2.75) is 19.4 Å². The number of fused-ring (bicyclic) bond motifs is 2. The number of anilines is 1. The molecule has 5 rings (SSSR count). The number of H-pyrrole nitrogens is 2. The molecule has 0 bridgehead atoms. The molecule has 1 atom stereocenters. The topological polar surface area (TPSA) is 136 Å². The maximum absolute atomic E-state index is 13.3. The number of nitrogens with one attached hydrogen (secondary N) is 3. The normalized spacial score (nSPS) is 12.2. The fourth-order valence-electron chi connectivity index (χ4n) is 4.02. The second kappa shape index (κ2) is 8.50. The number of benzene rings is 1. The predicted molar refractivity (Wildman–Crippen MR) is 128 cm³/mol. The first-order valence-electron chi connectivity index (χ1n) is 10.8. The van der Waals surface area contributed by atoms with Gasteiger partial charge in [-0.05, 0) is 12.5 Å². The van der Waals surface area contributed by atoms with Crippen LogP contribution in [0.3, 0.4) is 0 Å². The molecule has 0 saturated heterocycles. The smallest absolute Gasteiger partial charge is 0.261 e. The Morgan fingerprint density at radius 1 is 1.09 bits per heavy atom. The van der Waals surface area contributed by atoms with Crippen LogP contribution in [0.1, 0.15) is 25.2 Å². The van der Waals surface area contributed by atoms with E-state index in [1.165, 1.54) is 0 Å². The van der Waals surface area contributed by atoms with Crippen LogP contribution in [0.4, 0.5) is 5.69 Å². The average Bonchev–Trinajstić information content (AvgIpc) is 3.43. The summed E-state index contributed by atoms with van der Waals surface area (Å²) in [6.45, 7) is 2.02. The molecule has 174 valence electrons. The molecule has 11 nitrogen and oxygen atoms in total. The zero-order chi connectivity index (χ0) is 23.8.